The highest BCUT2D eigenvalue weighted by molar-refractivity contribution is 6.17. The second-order valence-corrected chi connectivity index (χ2v) is 6.87. The summed E-state index contributed by atoms with van der Waals surface area (Å²) < 4.78 is 5.20. The van der Waals surface area contributed by atoms with Gasteiger partial charge in [0.15, 0.2) is 5.84 Å². The summed E-state index contributed by atoms with van der Waals surface area (Å²) in [5, 5.41) is 9.58. The van der Waals surface area contributed by atoms with Crippen LogP contribution in [0.3, 0.4) is 0 Å². The monoisotopic (exact) mass is 432 g/mol. The van der Waals surface area contributed by atoms with Crippen LogP contribution in [0.4, 0.5) is 10.5 Å². The molecule has 2 amide bonds. The van der Waals surface area contributed by atoms with Gasteiger partial charge in [0.25, 0.3) is 0 Å². The van der Waals surface area contributed by atoms with Gasteiger partial charge in [-0.05, 0) is 41.8 Å². The van der Waals surface area contributed by atoms with Crippen LogP contribution in [0, 0.1) is 0 Å². The number of hydrazone groups is 1. The zero-order valence-electron chi connectivity index (χ0n) is 17.2. The molecule has 0 heterocycles. The van der Waals surface area contributed by atoms with E-state index in [0.29, 0.717) is 23.8 Å². The highest BCUT2D eigenvalue weighted by Gasteiger charge is 2.20. The zero-order valence-corrected chi connectivity index (χ0v) is 18.0. The van der Waals surface area contributed by atoms with E-state index in [-0.39, 0.29) is 6.03 Å². The molecule has 162 valence electrons. The molecule has 0 bridgehead atoms. The van der Waals surface area contributed by atoms with Gasteiger partial charge in [0.1, 0.15) is 5.75 Å². The van der Waals surface area contributed by atoms with E-state index in [0.717, 1.165) is 29.8 Å². The van der Waals surface area contributed by atoms with Gasteiger partial charge in [-0.15, -0.1) is 11.6 Å². The van der Waals surface area contributed by atoms with Crippen molar-refractivity contribution in [2.45, 2.75) is 31.7 Å². The fraction of sp³-hybridized carbons (Fsp3) is 0.333. The molecule has 0 aliphatic carbocycles. The SMILES string of the molecule is CCCNNC(=NN)[C@H](Cc1ccc(OC)cc1)NC(=O)Nc1ccc(CCl)cc1. The number of amidine groups is 1. The summed E-state index contributed by atoms with van der Waals surface area (Å²) in [6.45, 7) is 2.78. The van der Waals surface area contributed by atoms with Crippen LogP contribution in [0.2, 0.25) is 0 Å². The number of benzene rings is 2. The molecule has 2 aromatic carbocycles. The summed E-state index contributed by atoms with van der Waals surface area (Å²) in [4.78, 5) is 12.6. The van der Waals surface area contributed by atoms with E-state index in [1.807, 2.05) is 43.3 Å². The lowest BCUT2D eigenvalue weighted by molar-refractivity contribution is 0.250. The Bertz CT molecular complexity index is 811. The molecule has 0 aromatic heterocycles. The molecule has 8 nitrogen and oxygen atoms in total. The van der Waals surface area contributed by atoms with Crippen LogP contribution in [-0.2, 0) is 12.3 Å². The average Bonchev–Trinajstić information content (AvgIpc) is 2.77. The topological polar surface area (TPSA) is 113 Å². The maximum Gasteiger partial charge on any atom is 0.319 e. The van der Waals surface area contributed by atoms with Crippen LogP contribution in [-0.4, -0.2) is 31.6 Å². The van der Waals surface area contributed by atoms with Crippen LogP contribution in [0.15, 0.2) is 53.6 Å². The Kier molecular flexibility index (Phi) is 9.76. The predicted molar refractivity (Wildman–Crippen MR) is 122 cm³/mol. The smallest absolute Gasteiger partial charge is 0.319 e. The number of carbonyl (C=O) groups excluding carboxylic acids is 1. The number of ether oxygens (including phenoxy) is 1. The van der Waals surface area contributed by atoms with E-state index in [9.17, 15) is 4.79 Å². The Morgan fingerprint density at radius 2 is 1.80 bits per heavy atom. The van der Waals surface area contributed by atoms with E-state index in [2.05, 4.69) is 26.6 Å². The van der Waals surface area contributed by atoms with Gasteiger partial charge in [-0.25, -0.2) is 10.2 Å². The first-order valence-electron chi connectivity index (χ1n) is 9.71. The van der Waals surface area contributed by atoms with Crippen LogP contribution in [0.1, 0.15) is 24.5 Å². The molecule has 0 saturated heterocycles. The van der Waals surface area contributed by atoms with Crippen molar-refractivity contribution in [3.05, 3.63) is 59.7 Å². The molecule has 0 spiro atoms. The van der Waals surface area contributed by atoms with E-state index in [4.69, 9.17) is 22.2 Å². The van der Waals surface area contributed by atoms with Crippen molar-refractivity contribution in [3.63, 3.8) is 0 Å². The lowest BCUT2D eigenvalue weighted by Crippen LogP contribution is -2.53. The maximum absolute atomic E-state index is 12.6. The first-order chi connectivity index (χ1) is 14.6. The lowest BCUT2D eigenvalue weighted by Gasteiger charge is -2.22. The predicted octanol–water partition coefficient (Wildman–Crippen LogP) is 2.94. The summed E-state index contributed by atoms with van der Waals surface area (Å²) in [5.41, 5.74) is 8.66. The van der Waals surface area contributed by atoms with Crippen molar-refractivity contribution < 1.29 is 9.53 Å². The Morgan fingerprint density at radius 1 is 1.13 bits per heavy atom. The number of carbonyl (C=O) groups is 1. The fourth-order valence-electron chi connectivity index (χ4n) is 2.70. The number of hydrazine groups is 1. The zero-order chi connectivity index (χ0) is 21.8. The summed E-state index contributed by atoms with van der Waals surface area (Å²) in [7, 11) is 1.62. The third-order valence-electron chi connectivity index (χ3n) is 4.33. The van der Waals surface area contributed by atoms with Gasteiger partial charge in [0.05, 0.1) is 13.2 Å². The average molecular weight is 433 g/mol. The standard InChI is InChI=1S/C21H29ClN6O2/c1-3-12-24-28-20(27-23)19(13-15-6-10-18(30-2)11-7-15)26-21(29)25-17-8-4-16(14-22)5-9-17/h4-11,19,24H,3,12-14,23H2,1-2H3,(H,27,28)(H2,25,26,29)/t19-/m0/s1. The minimum Gasteiger partial charge on any atom is -0.497 e. The largest absolute Gasteiger partial charge is 0.497 e. The molecule has 30 heavy (non-hydrogen) atoms. The minimum absolute atomic E-state index is 0.370. The highest BCUT2D eigenvalue weighted by atomic mass is 35.5. The van der Waals surface area contributed by atoms with Gasteiger partial charge in [-0.2, -0.15) is 5.10 Å². The first-order valence-corrected chi connectivity index (χ1v) is 10.2. The second-order valence-electron chi connectivity index (χ2n) is 6.60. The molecular weight excluding hydrogens is 404 g/mol. The Hall–Kier alpha value is -2.97. The number of urea groups is 1. The number of methoxy groups -OCH3 is 1. The number of amides is 2. The summed E-state index contributed by atoms with van der Waals surface area (Å²) in [6.07, 6.45) is 1.42. The maximum atomic E-state index is 12.6. The van der Waals surface area contributed by atoms with Crippen molar-refractivity contribution in [1.29, 1.82) is 0 Å². The molecule has 0 unspecified atom stereocenters. The molecular formula is C21H29ClN6O2. The number of nitrogens with two attached hydrogens (primary N) is 1. The number of halogens is 1. The fourth-order valence-corrected chi connectivity index (χ4v) is 2.88. The van der Waals surface area contributed by atoms with Crippen molar-refractivity contribution in [1.82, 2.24) is 16.2 Å². The van der Waals surface area contributed by atoms with Crippen molar-refractivity contribution in [3.8, 4) is 5.75 Å². The minimum atomic E-state index is -0.477. The lowest BCUT2D eigenvalue weighted by atomic mass is 10.0. The van der Waals surface area contributed by atoms with E-state index in [1.165, 1.54) is 0 Å². The number of nitrogens with one attached hydrogen (secondary N) is 4. The van der Waals surface area contributed by atoms with E-state index < -0.39 is 6.04 Å². The van der Waals surface area contributed by atoms with Gasteiger partial charge in [-0.3, -0.25) is 0 Å². The van der Waals surface area contributed by atoms with Gasteiger partial charge in [0, 0.05) is 24.5 Å². The molecule has 0 aliphatic rings. The molecule has 0 saturated carbocycles. The summed E-state index contributed by atoms with van der Waals surface area (Å²) in [5.74, 6) is 7.20. The van der Waals surface area contributed by atoms with Crippen LogP contribution in [0.25, 0.3) is 0 Å². The highest BCUT2D eigenvalue weighted by Crippen LogP contribution is 2.14. The van der Waals surface area contributed by atoms with Gasteiger partial charge >= 0.3 is 6.03 Å². The normalized spacial score (nSPS) is 12.2. The molecule has 1 atom stereocenters. The second kappa shape index (κ2) is 12.6. The Morgan fingerprint density at radius 3 is 2.37 bits per heavy atom. The molecule has 9 heteroatoms. The number of rotatable bonds is 10. The summed E-state index contributed by atoms with van der Waals surface area (Å²) in [6, 6.07) is 14.1. The first kappa shape index (κ1) is 23.3. The van der Waals surface area contributed by atoms with Gasteiger partial charge in [0.2, 0.25) is 0 Å². The quantitative estimate of drug-likeness (QED) is 0.0989. The number of alkyl halides is 1. The van der Waals surface area contributed by atoms with Gasteiger partial charge < -0.3 is 26.6 Å². The Balaban J connectivity index is 2.10. The van der Waals surface area contributed by atoms with Crippen LogP contribution in [0.5, 0.6) is 5.75 Å². The van der Waals surface area contributed by atoms with E-state index in [1.54, 1.807) is 19.2 Å². The number of nitrogens with zero attached hydrogens (tertiary/aromatic N) is 1. The van der Waals surface area contributed by atoms with Crippen molar-refractivity contribution in [2.75, 3.05) is 19.0 Å². The van der Waals surface area contributed by atoms with Crippen molar-refractivity contribution >= 4 is 29.2 Å². The third-order valence-corrected chi connectivity index (χ3v) is 4.64. The van der Waals surface area contributed by atoms with E-state index >= 15 is 0 Å². The molecule has 0 fully saturated rings. The third kappa shape index (κ3) is 7.46. The van der Waals surface area contributed by atoms with Crippen LogP contribution < -0.4 is 32.1 Å². The molecule has 0 aliphatic heterocycles. The Labute approximate surface area is 182 Å². The number of anilines is 1. The number of hydrogen-bond donors (Lipinski definition) is 5. The van der Waals surface area contributed by atoms with Gasteiger partial charge in [-0.1, -0.05) is 31.2 Å². The molecule has 0 radical (unpaired) electrons. The number of hydrogen-bond acceptors (Lipinski definition) is 5. The molecule has 2 rings (SSSR count). The molecule has 2 aromatic rings. The molecule has 6 N–H and O–H groups in total. The van der Waals surface area contributed by atoms with Crippen molar-refractivity contribution in [2.24, 2.45) is 10.9 Å². The summed E-state index contributed by atoms with van der Waals surface area (Å²) >= 11 is 5.81. The van der Waals surface area contributed by atoms with Crippen LogP contribution >= 0.6 is 11.6 Å².